The van der Waals surface area contributed by atoms with E-state index in [2.05, 4.69) is 31.4 Å². The molecular weight excluding hydrogens is 266 g/mol. The van der Waals surface area contributed by atoms with Gasteiger partial charge < -0.3 is 15.5 Å². The zero-order valence-corrected chi connectivity index (χ0v) is 14.4. The molecule has 0 aromatic heterocycles. The van der Waals surface area contributed by atoms with Gasteiger partial charge in [-0.05, 0) is 18.3 Å². The molecule has 0 bridgehead atoms. The van der Waals surface area contributed by atoms with Crippen LogP contribution in [0.2, 0.25) is 0 Å². The summed E-state index contributed by atoms with van der Waals surface area (Å²) in [6.45, 7) is 14.2. The van der Waals surface area contributed by atoms with E-state index in [4.69, 9.17) is 0 Å². The van der Waals surface area contributed by atoms with Crippen LogP contribution in [0.4, 0.5) is 4.79 Å². The molecule has 0 aromatic rings. The van der Waals surface area contributed by atoms with E-state index >= 15 is 0 Å². The number of nitrogens with zero attached hydrogens (tertiary/aromatic N) is 1. The fraction of sp³-hybridized carbons (Fsp3) is 0.875. The van der Waals surface area contributed by atoms with Crippen LogP contribution in [0.25, 0.3) is 0 Å². The molecule has 5 nitrogen and oxygen atoms in total. The monoisotopic (exact) mass is 297 g/mol. The van der Waals surface area contributed by atoms with E-state index in [1.165, 1.54) is 0 Å². The SMILES string of the molecule is CC(C)(C)CNC(=O)NC1CCN(C(=O)C(C)(C)C)CC1. The molecule has 2 N–H and O–H groups in total. The van der Waals surface area contributed by atoms with Crippen LogP contribution in [-0.4, -0.2) is 42.5 Å². The van der Waals surface area contributed by atoms with Gasteiger partial charge in [0.15, 0.2) is 0 Å². The quantitative estimate of drug-likeness (QED) is 0.822. The third-order valence-corrected chi connectivity index (χ3v) is 3.54. The fourth-order valence-corrected chi connectivity index (χ4v) is 2.28. The maximum absolute atomic E-state index is 12.2. The molecule has 0 aliphatic carbocycles. The van der Waals surface area contributed by atoms with Crippen molar-refractivity contribution in [2.45, 2.75) is 60.4 Å². The van der Waals surface area contributed by atoms with Gasteiger partial charge in [-0.3, -0.25) is 4.79 Å². The van der Waals surface area contributed by atoms with E-state index in [1.807, 2.05) is 25.7 Å². The zero-order chi connectivity index (χ0) is 16.3. The van der Waals surface area contributed by atoms with E-state index in [0.717, 1.165) is 25.9 Å². The Balaban J connectivity index is 2.34. The number of rotatable bonds is 2. The van der Waals surface area contributed by atoms with E-state index in [0.29, 0.717) is 6.54 Å². The predicted molar refractivity (Wildman–Crippen MR) is 85.0 cm³/mol. The summed E-state index contributed by atoms with van der Waals surface area (Å²) < 4.78 is 0. The second-order valence-electron chi connectivity index (χ2n) is 8.20. The molecule has 1 fully saturated rings. The number of amides is 3. The Hall–Kier alpha value is -1.26. The highest BCUT2D eigenvalue weighted by Crippen LogP contribution is 2.21. The molecule has 5 heteroatoms. The van der Waals surface area contributed by atoms with Crippen molar-refractivity contribution in [1.29, 1.82) is 0 Å². The smallest absolute Gasteiger partial charge is 0.315 e. The van der Waals surface area contributed by atoms with Crippen molar-refractivity contribution < 1.29 is 9.59 Å². The third-order valence-electron chi connectivity index (χ3n) is 3.54. The number of carbonyl (C=O) groups is 2. The van der Waals surface area contributed by atoms with Crippen LogP contribution in [0.3, 0.4) is 0 Å². The summed E-state index contributed by atoms with van der Waals surface area (Å²) in [6.07, 6.45) is 1.65. The number of nitrogens with one attached hydrogen (secondary N) is 2. The van der Waals surface area contributed by atoms with Crippen LogP contribution in [0.5, 0.6) is 0 Å². The maximum atomic E-state index is 12.2. The van der Waals surface area contributed by atoms with Crippen LogP contribution in [0, 0.1) is 10.8 Å². The van der Waals surface area contributed by atoms with Crippen molar-refractivity contribution in [2.24, 2.45) is 10.8 Å². The average Bonchev–Trinajstić information content (AvgIpc) is 2.34. The van der Waals surface area contributed by atoms with Crippen LogP contribution >= 0.6 is 0 Å². The number of hydrogen-bond acceptors (Lipinski definition) is 2. The standard InChI is InChI=1S/C16H31N3O2/c1-15(2,3)11-17-14(21)18-12-7-9-19(10-8-12)13(20)16(4,5)6/h12H,7-11H2,1-6H3,(H2,17,18,21). The van der Waals surface area contributed by atoms with Crippen LogP contribution < -0.4 is 10.6 Å². The van der Waals surface area contributed by atoms with E-state index in [9.17, 15) is 9.59 Å². The Labute approximate surface area is 128 Å². The molecule has 0 unspecified atom stereocenters. The molecule has 1 aliphatic heterocycles. The van der Waals surface area contributed by atoms with Crippen molar-refractivity contribution >= 4 is 11.9 Å². The summed E-state index contributed by atoms with van der Waals surface area (Å²) in [5, 5.41) is 5.90. The fourth-order valence-electron chi connectivity index (χ4n) is 2.28. The Bertz CT molecular complexity index is 372. The Morgan fingerprint density at radius 3 is 2.00 bits per heavy atom. The Kier molecular flexibility index (Phi) is 5.65. The molecule has 1 saturated heterocycles. The number of carbonyl (C=O) groups excluding carboxylic acids is 2. The second-order valence-corrected chi connectivity index (χ2v) is 8.20. The number of piperidine rings is 1. The van der Waals surface area contributed by atoms with Gasteiger partial charge in [-0.1, -0.05) is 41.5 Å². The maximum Gasteiger partial charge on any atom is 0.315 e. The van der Waals surface area contributed by atoms with Crippen molar-refractivity contribution in [2.75, 3.05) is 19.6 Å². The van der Waals surface area contributed by atoms with Gasteiger partial charge >= 0.3 is 6.03 Å². The zero-order valence-electron chi connectivity index (χ0n) is 14.4. The summed E-state index contributed by atoms with van der Waals surface area (Å²) >= 11 is 0. The minimum atomic E-state index is -0.329. The summed E-state index contributed by atoms with van der Waals surface area (Å²) in [5.74, 6) is 0.193. The minimum Gasteiger partial charge on any atom is -0.342 e. The summed E-state index contributed by atoms with van der Waals surface area (Å²) in [5.41, 5.74) is -0.246. The number of urea groups is 1. The molecule has 0 spiro atoms. The lowest BCUT2D eigenvalue weighted by Gasteiger charge is -2.36. The summed E-state index contributed by atoms with van der Waals surface area (Å²) in [4.78, 5) is 25.9. The van der Waals surface area contributed by atoms with Gasteiger partial charge in [0.25, 0.3) is 0 Å². The first kappa shape index (κ1) is 17.8. The lowest BCUT2D eigenvalue weighted by molar-refractivity contribution is -0.140. The van der Waals surface area contributed by atoms with Gasteiger partial charge in [0, 0.05) is 31.1 Å². The molecule has 0 atom stereocenters. The first-order chi connectivity index (χ1) is 9.49. The van der Waals surface area contributed by atoms with Crippen LogP contribution in [0.1, 0.15) is 54.4 Å². The van der Waals surface area contributed by atoms with Gasteiger partial charge in [0.2, 0.25) is 5.91 Å². The first-order valence-corrected chi connectivity index (χ1v) is 7.83. The highest BCUT2D eigenvalue weighted by molar-refractivity contribution is 5.81. The van der Waals surface area contributed by atoms with Crippen molar-refractivity contribution in [3.05, 3.63) is 0 Å². The Morgan fingerprint density at radius 1 is 1.05 bits per heavy atom. The normalized spacial score (nSPS) is 17.5. The molecule has 21 heavy (non-hydrogen) atoms. The Morgan fingerprint density at radius 2 is 1.57 bits per heavy atom. The molecule has 0 radical (unpaired) electrons. The third kappa shape index (κ3) is 6.36. The highest BCUT2D eigenvalue weighted by atomic mass is 16.2. The lowest BCUT2D eigenvalue weighted by atomic mass is 9.93. The molecule has 122 valence electrons. The second kappa shape index (κ2) is 6.67. The number of likely N-dealkylation sites (tertiary alicyclic amines) is 1. The summed E-state index contributed by atoms with van der Waals surface area (Å²) in [6, 6.07) is 0.0551. The predicted octanol–water partition coefficient (Wildman–Crippen LogP) is 2.37. The van der Waals surface area contributed by atoms with Gasteiger partial charge in [0.05, 0.1) is 0 Å². The topological polar surface area (TPSA) is 61.4 Å². The molecular formula is C16H31N3O2. The molecule has 1 rings (SSSR count). The van der Waals surface area contributed by atoms with Crippen LogP contribution in [0.15, 0.2) is 0 Å². The largest absolute Gasteiger partial charge is 0.342 e. The van der Waals surface area contributed by atoms with Gasteiger partial charge in [-0.2, -0.15) is 0 Å². The molecule has 1 aliphatic rings. The van der Waals surface area contributed by atoms with Crippen LogP contribution in [-0.2, 0) is 4.79 Å². The molecule has 0 aromatic carbocycles. The average molecular weight is 297 g/mol. The lowest BCUT2D eigenvalue weighted by Crippen LogP contribution is -2.51. The van der Waals surface area contributed by atoms with Gasteiger partial charge in [0.1, 0.15) is 0 Å². The van der Waals surface area contributed by atoms with Crippen molar-refractivity contribution in [3.63, 3.8) is 0 Å². The van der Waals surface area contributed by atoms with Gasteiger partial charge in [-0.15, -0.1) is 0 Å². The summed E-state index contributed by atoms with van der Waals surface area (Å²) in [7, 11) is 0. The van der Waals surface area contributed by atoms with E-state index in [-0.39, 0.29) is 28.8 Å². The minimum absolute atomic E-state index is 0.0832. The number of hydrogen-bond donors (Lipinski definition) is 2. The van der Waals surface area contributed by atoms with Gasteiger partial charge in [-0.25, -0.2) is 4.79 Å². The molecule has 1 heterocycles. The van der Waals surface area contributed by atoms with E-state index < -0.39 is 0 Å². The first-order valence-electron chi connectivity index (χ1n) is 7.83. The van der Waals surface area contributed by atoms with Crippen molar-refractivity contribution in [1.82, 2.24) is 15.5 Å². The molecule has 3 amide bonds. The molecule has 0 saturated carbocycles. The van der Waals surface area contributed by atoms with E-state index in [1.54, 1.807) is 0 Å². The highest BCUT2D eigenvalue weighted by Gasteiger charge is 2.30. The van der Waals surface area contributed by atoms with Crippen molar-refractivity contribution in [3.8, 4) is 0 Å².